The summed E-state index contributed by atoms with van der Waals surface area (Å²) in [6, 6.07) is 0. The van der Waals surface area contributed by atoms with Crippen LogP contribution in [0.2, 0.25) is 0 Å². The van der Waals surface area contributed by atoms with E-state index >= 15 is 0 Å². The molecule has 0 atom stereocenters. The molecule has 0 fully saturated rings. The maximum absolute atomic E-state index is 12.4. The topological polar surface area (TPSA) is 119 Å². The molecule has 0 saturated carbocycles. The maximum atomic E-state index is 12.4. The highest BCUT2D eigenvalue weighted by atomic mass is 32.2. The number of sulfonamides is 1. The second-order valence-electron chi connectivity index (χ2n) is 5.85. The van der Waals surface area contributed by atoms with Crippen molar-refractivity contribution in [2.24, 2.45) is 5.41 Å². The molecule has 0 spiro atoms. The lowest BCUT2D eigenvalue weighted by Gasteiger charge is -2.23. The number of hydrogen-bond acceptors (Lipinski definition) is 4. The zero-order valence-electron chi connectivity index (χ0n) is 12.6. The van der Waals surface area contributed by atoms with Crippen LogP contribution in [0.5, 0.6) is 0 Å². The molecule has 21 heavy (non-hydrogen) atoms. The fraction of sp³-hybridized carbons (Fsp3) is 0.615. The van der Waals surface area contributed by atoms with Gasteiger partial charge in [-0.2, -0.15) is 0 Å². The van der Waals surface area contributed by atoms with Gasteiger partial charge < -0.3 is 15.2 Å². The van der Waals surface area contributed by atoms with Gasteiger partial charge in [0.25, 0.3) is 0 Å². The van der Waals surface area contributed by atoms with Crippen LogP contribution in [0.25, 0.3) is 0 Å². The number of aromatic amines is 1. The molecule has 1 heterocycles. The minimum absolute atomic E-state index is 0.0277. The number of rotatable bonds is 7. The lowest BCUT2D eigenvalue weighted by Crippen LogP contribution is -2.35. The van der Waals surface area contributed by atoms with Crippen molar-refractivity contribution in [3.05, 3.63) is 17.0 Å². The van der Waals surface area contributed by atoms with Gasteiger partial charge in [-0.05, 0) is 25.7 Å². The summed E-state index contributed by atoms with van der Waals surface area (Å²) in [7, 11) is -3.81. The number of hydrogen-bond donors (Lipinski definition) is 4. The molecule has 0 saturated heterocycles. The lowest BCUT2D eigenvalue weighted by atomic mass is 9.90. The highest BCUT2D eigenvalue weighted by Gasteiger charge is 2.28. The van der Waals surface area contributed by atoms with E-state index in [-0.39, 0.29) is 35.0 Å². The fourth-order valence-electron chi connectivity index (χ4n) is 2.10. The molecule has 4 N–H and O–H groups in total. The number of aryl methyl sites for hydroxylation is 1. The summed E-state index contributed by atoms with van der Waals surface area (Å²) in [5.74, 6) is -1.20. The van der Waals surface area contributed by atoms with Crippen molar-refractivity contribution in [2.75, 3.05) is 13.2 Å². The van der Waals surface area contributed by atoms with E-state index in [4.69, 9.17) is 10.2 Å². The smallest absolute Gasteiger partial charge is 0.352 e. The molecule has 0 aliphatic rings. The molecule has 0 aliphatic carbocycles. The van der Waals surface area contributed by atoms with Crippen LogP contribution in [-0.2, 0) is 10.0 Å². The van der Waals surface area contributed by atoms with Crippen LogP contribution in [0.15, 0.2) is 4.90 Å². The van der Waals surface area contributed by atoms with Crippen LogP contribution >= 0.6 is 0 Å². The third-order valence-corrected chi connectivity index (χ3v) is 5.05. The van der Waals surface area contributed by atoms with E-state index in [0.717, 1.165) is 0 Å². The molecule has 0 aliphatic heterocycles. The molecule has 0 radical (unpaired) electrons. The van der Waals surface area contributed by atoms with E-state index < -0.39 is 21.4 Å². The number of nitrogens with one attached hydrogen (secondary N) is 2. The predicted molar refractivity (Wildman–Crippen MR) is 77.9 cm³/mol. The predicted octanol–water partition coefficient (Wildman–Crippen LogP) is 1.02. The largest absolute Gasteiger partial charge is 0.477 e. The summed E-state index contributed by atoms with van der Waals surface area (Å²) in [4.78, 5) is 13.6. The van der Waals surface area contributed by atoms with Crippen molar-refractivity contribution in [3.63, 3.8) is 0 Å². The van der Waals surface area contributed by atoms with Gasteiger partial charge in [0, 0.05) is 24.4 Å². The first-order chi connectivity index (χ1) is 9.52. The Kier molecular flexibility index (Phi) is 5.19. The molecule has 1 rings (SSSR count). The van der Waals surface area contributed by atoms with Crippen molar-refractivity contribution in [1.29, 1.82) is 0 Å². The van der Waals surface area contributed by atoms with Crippen LogP contribution in [-0.4, -0.2) is 42.7 Å². The molecule has 8 heteroatoms. The average Bonchev–Trinajstić information content (AvgIpc) is 2.63. The van der Waals surface area contributed by atoms with E-state index in [2.05, 4.69) is 9.71 Å². The number of carboxylic acids is 1. The Labute approximate surface area is 124 Å². The molecule has 1 aromatic rings. The van der Waals surface area contributed by atoms with E-state index in [0.29, 0.717) is 6.42 Å². The second-order valence-corrected chi connectivity index (χ2v) is 7.55. The van der Waals surface area contributed by atoms with Crippen molar-refractivity contribution in [3.8, 4) is 0 Å². The minimum atomic E-state index is -3.81. The van der Waals surface area contributed by atoms with Crippen LogP contribution in [0, 0.1) is 19.3 Å². The first-order valence-electron chi connectivity index (χ1n) is 6.55. The number of aliphatic hydroxyl groups excluding tert-OH is 1. The second kappa shape index (κ2) is 6.17. The third-order valence-electron chi connectivity index (χ3n) is 3.38. The highest BCUT2D eigenvalue weighted by molar-refractivity contribution is 7.89. The Morgan fingerprint density at radius 3 is 2.33 bits per heavy atom. The Bertz CT molecular complexity index is 631. The van der Waals surface area contributed by atoms with E-state index in [1.165, 1.54) is 13.8 Å². The molecule has 0 unspecified atom stereocenters. The van der Waals surface area contributed by atoms with Gasteiger partial charge in [0.05, 0.1) is 0 Å². The monoisotopic (exact) mass is 318 g/mol. The van der Waals surface area contributed by atoms with Crippen molar-refractivity contribution >= 4 is 16.0 Å². The van der Waals surface area contributed by atoms with E-state index in [1.54, 1.807) is 0 Å². The average molecular weight is 318 g/mol. The molecule has 0 amide bonds. The first-order valence-corrected chi connectivity index (χ1v) is 8.03. The molecule has 120 valence electrons. The molecular weight excluding hydrogens is 296 g/mol. The maximum Gasteiger partial charge on any atom is 0.352 e. The Morgan fingerprint density at radius 1 is 1.33 bits per heavy atom. The van der Waals surface area contributed by atoms with Gasteiger partial charge >= 0.3 is 5.97 Å². The quantitative estimate of drug-likeness (QED) is 0.598. The zero-order valence-corrected chi connectivity index (χ0v) is 13.5. The molecular formula is C13H22N2O5S. The number of H-pyrrole nitrogens is 1. The normalized spacial score (nSPS) is 12.6. The molecule has 1 aromatic heterocycles. The first kappa shape index (κ1) is 17.7. The molecule has 0 aromatic carbocycles. The lowest BCUT2D eigenvalue weighted by molar-refractivity contribution is 0.0690. The Morgan fingerprint density at radius 2 is 1.90 bits per heavy atom. The van der Waals surface area contributed by atoms with Gasteiger partial charge in [0.15, 0.2) is 0 Å². The van der Waals surface area contributed by atoms with Crippen LogP contribution < -0.4 is 4.72 Å². The van der Waals surface area contributed by atoms with Gasteiger partial charge in [-0.1, -0.05) is 13.8 Å². The standard InChI is InChI=1S/C13H22N2O5S/c1-8-10(12(17)18)15-9(2)11(8)21(19,20)14-7-13(3,4)5-6-16/h14-16H,5-7H2,1-4H3,(H,17,18). The summed E-state index contributed by atoms with van der Waals surface area (Å²) < 4.78 is 27.2. The number of aromatic carboxylic acids is 1. The summed E-state index contributed by atoms with van der Waals surface area (Å²) in [5, 5.41) is 18.0. The van der Waals surface area contributed by atoms with E-state index in [1.807, 2.05) is 13.8 Å². The highest BCUT2D eigenvalue weighted by Crippen LogP contribution is 2.25. The SMILES string of the molecule is Cc1[nH]c(C(=O)O)c(C)c1S(=O)(=O)NCC(C)(C)CCO. The summed E-state index contributed by atoms with van der Waals surface area (Å²) in [5.41, 5.74) is -0.0393. The van der Waals surface area contributed by atoms with Crippen molar-refractivity contribution < 1.29 is 23.4 Å². The van der Waals surface area contributed by atoms with Crippen LogP contribution in [0.1, 0.15) is 42.0 Å². The number of aliphatic hydroxyl groups is 1. The van der Waals surface area contributed by atoms with Gasteiger partial charge in [-0.15, -0.1) is 0 Å². The number of carbonyl (C=O) groups is 1. The summed E-state index contributed by atoms with van der Waals surface area (Å²) in [6.45, 7) is 6.78. The Hall–Kier alpha value is -1.38. The molecule has 0 bridgehead atoms. The Balaban J connectivity index is 3.07. The minimum Gasteiger partial charge on any atom is -0.477 e. The van der Waals surface area contributed by atoms with E-state index in [9.17, 15) is 13.2 Å². The number of carboxylic acid groups (broad SMARTS) is 1. The van der Waals surface area contributed by atoms with Gasteiger partial charge in [0.1, 0.15) is 10.6 Å². The fourth-order valence-corrected chi connectivity index (χ4v) is 3.79. The zero-order chi connectivity index (χ0) is 16.4. The van der Waals surface area contributed by atoms with Gasteiger partial charge in [-0.3, -0.25) is 0 Å². The van der Waals surface area contributed by atoms with Gasteiger partial charge in [-0.25, -0.2) is 17.9 Å². The van der Waals surface area contributed by atoms with Crippen molar-refractivity contribution in [2.45, 2.75) is 39.0 Å². The van der Waals surface area contributed by atoms with Crippen molar-refractivity contribution in [1.82, 2.24) is 9.71 Å². The third kappa shape index (κ3) is 4.05. The number of aromatic nitrogens is 1. The van der Waals surface area contributed by atoms with Crippen LogP contribution in [0.4, 0.5) is 0 Å². The van der Waals surface area contributed by atoms with Gasteiger partial charge in [0.2, 0.25) is 10.0 Å². The van der Waals surface area contributed by atoms with Crippen LogP contribution in [0.3, 0.4) is 0 Å². The summed E-state index contributed by atoms with van der Waals surface area (Å²) >= 11 is 0. The summed E-state index contributed by atoms with van der Waals surface area (Å²) in [6.07, 6.45) is 0.459. The molecule has 7 nitrogen and oxygen atoms in total.